The van der Waals surface area contributed by atoms with Crippen LogP contribution in [0.4, 0.5) is 0 Å². The van der Waals surface area contributed by atoms with Crippen molar-refractivity contribution in [2.45, 2.75) is 12.8 Å². The molecule has 0 heterocycles. The van der Waals surface area contributed by atoms with E-state index < -0.39 is 5.97 Å². The lowest BCUT2D eigenvalue weighted by Crippen LogP contribution is -2.01. The number of thioether (sulfide) groups is 1. The van der Waals surface area contributed by atoms with E-state index in [1.54, 1.807) is 0 Å². The average Bonchev–Trinajstić information content (AvgIpc) is 2.63. The van der Waals surface area contributed by atoms with Crippen LogP contribution in [0.15, 0.2) is 0 Å². The Balaban J connectivity index is 2.12. The molecule has 0 unspecified atom stereocenters. The molecule has 0 spiro atoms. The fraction of sp³-hybridized carbons (Fsp3) is 0.667. The molecule has 0 amide bonds. The quantitative estimate of drug-likeness (QED) is 0.662. The average molecular weight is 176 g/mol. The summed E-state index contributed by atoms with van der Waals surface area (Å²) in [6.45, 7) is 0. The minimum atomic E-state index is -0.784. The normalized spacial score (nSPS) is 16.8. The molecule has 1 rings (SSSR count). The van der Waals surface area contributed by atoms with Crippen molar-refractivity contribution in [2.24, 2.45) is 5.92 Å². The van der Waals surface area contributed by atoms with Crippen molar-refractivity contribution < 1.29 is 9.90 Å². The summed E-state index contributed by atoms with van der Waals surface area (Å²) >= 11 is 6.25. The zero-order chi connectivity index (χ0) is 7.56. The van der Waals surface area contributed by atoms with Crippen molar-refractivity contribution in [3.8, 4) is 0 Å². The number of hydrogen-bond donors (Lipinski definition) is 1. The van der Waals surface area contributed by atoms with Gasteiger partial charge in [-0.1, -0.05) is 12.2 Å². The van der Waals surface area contributed by atoms with E-state index >= 15 is 0 Å². The first-order valence-electron chi connectivity index (χ1n) is 3.08. The van der Waals surface area contributed by atoms with E-state index in [1.807, 2.05) is 0 Å². The molecule has 1 fully saturated rings. The van der Waals surface area contributed by atoms with Crippen LogP contribution < -0.4 is 0 Å². The third-order valence-corrected chi connectivity index (χ3v) is 2.94. The molecule has 1 aliphatic rings. The van der Waals surface area contributed by atoms with Crippen LogP contribution in [-0.2, 0) is 4.79 Å². The zero-order valence-electron chi connectivity index (χ0n) is 5.37. The summed E-state index contributed by atoms with van der Waals surface area (Å²) in [4.78, 5) is 10.1. The maximum absolute atomic E-state index is 10.1. The van der Waals surface area contributed by atoms with Crippen LogP contribution in [-0.4, -0.2) is 21.0 Å². The molecule has 10 heavy (non-hydrogen) atoms. The standard InChI is InChI=1S/C6H8O2S2/c7-5(8)3-10-6(9)4-1-2-4/h4H,1-3H2,(H,7,8). The molecule has 56 valence electrons. The summed E-state index contributed by atoms with van der Waals surface area (Å²) in [6, 6.07) is 0. The smallest absolute Gasteiger partial charge is 0.313 e. The lowest BCUT2D eigenvalue weighted by atomic mass is 10.5. The Hall–Kier alpha value is -0.0900. The van der Waals surface area contributed by atoms with Crippen molar-refractivity contribution in [1.82, 2.24) is 0 Å². The molecular formula is C6H8O2S2. The molecule has 0 aliphatic heterocycles. The number of aliphatic carboxylic acids is 1. The topological polar surface area (TPSA) is 37.3 Å². The van der Waals surface area contributed by atoms with Gasteiger partial charge < -0.3 is 5.11 Å². The zero-order valence-corrected chi connectivity index (χ0v) is 7.00. The highest BCUT2D eigenvalue weighted by atomic mass is 32.2. The highest BCUT2D eigenvalue weighted by molar-refractivity contribution is 8.23. The Morgan fingerprint density at radius 1 is 1.70 bits per heavy atom. The Bertz CT molecular complexity index is 163. The molecule has 4 heteroatoms. The van der Waals surface area contributed by atoms with E-state index in [9.17, 15) is 4.79 Å². The molecule has 0 aromatic carbocycles. The number of hydrogen-bond acceptors (Lipinski definition) is 3. The van der Waals surface area contributed by atoms with Gasteiger partial charge in [0.15, 0.2) is 0 Å². The number of carboxylic acids is 1. The Morgan fingerprint density at radius 3 is 2.70 bits per heavy atom. The van der Waals surface area contributed by atoms with Crippen LogP contribution in [0.3, 0.4) is 0 Å². The van der Waals surface area contributed by atoms with Gasteiger partial charge in [-0.3, -0.25) is 4.79 Å². The van der Waals surface area contributed by atoms with Gasteiger partial charge in [0.2, 0.25) is 0 Å². The molecule has 1 aliphatic carbocycles. The predicted molar refractivity (Wildman–Crippen MR) is 45.4 cm³/mol. The van der Waals surface area contributed by atoms with Gasteiger partial charge in [-0.15, -0.1) is 11.8 Å². The molecular weight excluding hydrogens is 168 g/mol. The number of rotatable bonds is 3. The maximum Gasteiger partial charge on any atom is 0.313 e. The van der Waals surface area contributed by atoms with Crippen LogP contribution in [0.25, 0.3) is 0 Å². The fourth-order valence-corrected chi connectivity index (χ4v) is 1.72. The summed E-state index contributed by atoms with van der Waals surface area (Å²) in [5, 5.41) is 8.28. The first kappa shape index (κ1) is 8.01. The van der Waals surface area contributed by atoms with E-state index in [1.165, 1.54) is 11.8 Å². The van der Waals surface area contributed by atoms with E-state index in [4.69, 9.17) is 17.3 Å². The lowest BCUT2D eigenvalue weighted by Gasteiger charge is -1.95. The van der Waals surface area contributed by atoms with Crippen LogP contribution >= 0.6 is 24.0 Å². The molecule has 0 radical (unpaired) electrons. The number of carboxylic acid groups (broad SMARTS) is 1. The summed E-state index contributed by atoms with van der Waals surface area (Å²) in [5.41, 5.74) is 0. The highest BCUT2D eigenvalue weighted by Crippen LogP contribution is 2.34. The lowest BCUT2D eigenvalue weighted by molar-refractivity contribution is -0.133. The molecule has 0 aromatic rings. The Morgan fingerprint density at radius 2 is 2.30 bits per heavy atom. The van der Waals surface area contributed by atoms with Gasteiger partial charge in [0.05, 0.1) is 9.95 Å². The fourth-order valence-electron chi connectivity index (χ4n) is 0.570. The van der Waals surface area contributed by atoms with Gasteiger partial charge >= 0.3 is 5.97 Å². The minimum Gasteiger partial charge on any atom is -0.481 e. The van der Waals surface area contributed by atoms with Crippen molar-refractivity contribution in [2.75, 3.05) is 5.75 Å². The SMILES string of the molecule is O=C(O)CSC(=S)C1CC1. The molecule has 0 saturated heterocycles. The molecule has 1 saturated carbocycles. The van der Waals surface area contributed by atoms with Crippen LogP contribution in [0, 0.1) is 5.92 Å². The highest BCUT2D eigenvalue weighted by Gasteiger charge is 2.26. The van der Waals surface area contributed by atoms with E-state index in [-0.39, 0.29) is 5.75 Å². The van der Waals surface area contributed by atoms with Gasteiger partial charge in [-0.2, -0.15) is 0 Å². The third-order valence-electron chi connectivity index (χ3n) is 1.25. The largest absolute Gasteiger partial charge is 0.481 e. The van der Waals surface area contributed by atoms with E-state index in [0.717, 1.165) is 17.0 Å². The molecule has 2 nitrogen and oxygen atoms in total. The van der Waals surface area contributed by atoms with Crippen molar-refractivity contribution in [3.05, 3.63) is 0 Å². The molecule has 1 N–H and O–H groups in total. The maximum atomic E-state index is 10.1. The molecule has 0 atom stereocenters. The van der Waals surface area contributed by atoms with Crippen LogP contribution in [0.5, 0.6) is 0 Å². The molecule has 0 bridgehead atoms. The van der Waals surface area contributed by atoms with Gasteiger partial charge in [-0.05, 0) is 12.8 Å². The van der Waals surface area contributed by atoms with E-state index in [2.05, 4.69) is 0 Å². The van der Waals surface area contributed by atoms with Gasteiger partial charge in [0.25, 0.3) is 0 Å². The first-order chi connectivity index (χ1) is 4.70. The second-order valence-electron chi connectivity index (χ2n) is 2.28. The summed E-state index contributed by atoms with van der Waals surface area (Å²) in [7, 11) is 0. The molecule has 0 aromatic heterocycles. The van der Waals surface area contributed by atoms with Gasteiger partial charge in [0, 0.05) is 5.92 Å². The van der Waals surface area contributed by atoms with Crippen molar-refractivity contribution >= 4 is 34.1 Å². The minimum absolute atomic E-state index is 0.120. The van der Waals surface area contributed by atoms with Gasteiger partial charge in [0.1, 0.15) is 0 Å². The Kier molecular flexibility index (Phi) is 2.68. The summed E-state index contributed by atoms with van der Waals surface area (Å²) in [6.07, 6.45) is 2.32. The first-order valence-corrected chi connectivity index (χ1v) is 4.48. The second-order valence-corrected chi connectivity index (χ2v) is 3.99. The van der Waals surface area contributed by atoms with Crippen molar-refractivity contribution in [1.29, 1.82) is 0 Å². The van der Waals surface area contributed by atoms with Crippen LogP contribution in [0.1, 0.15) is 12.8 Å². The van der Waals surface area contributed by atoms with Crippen molar-refractivity contribution in [3.63, 3.8) is 0 Å². The summed E-state index contributed by atoms with van der Waals surface area (Å²) < 4.78 is 0.877. The van der Waals surface area contributed by atoms with Gasteiger partial charge in [-0.25, -0.2) is 0 Å². The monoisotopic (exact) mass is 176 g/mol. The van der Waals surface area contributed by atoms with Crippen LogP contribution in [0.2, 0.25) is 0 Å². The Labute approximate surface area is 69.0 Å². The predicted octanol–water partition coefficient (Wildman–Crippen LogP) is 1.54. The summed E-state index contributed by atoms with van der Waals surface area (Å²) in [5.74, 6) is -0.123. The third kappa shape index (κ3) is 2.66. The van der Waals surface area contributed by atoms with E-state index in [0.29, 0.717) is 5.92 Å². The number of carbonyl (C=O) groups is 1. The number of thiocarbonyl (C=S) groups is 1. The second kappa shape index (κ2) is 3.34.